The molecule has 0 N–H and O–H groups in total. The van der Waals surface area contributed by atoms with Crippen LogP contribution in [0.3, 0.4) is 0 Å². The van der Waals surface area contributed by atoms with Gasteiger partial charge in [-0.2, -0.15) is 16.8 Å². The van der Waals surface area contributed by atoms with Gasteiger partial charge in [0.25, 0.3) is 10.1 Å². The van der Waals surface area contributed by atoms with Crippen molar-refractivity contribution in [1.82, 2.24) is 9.94 Å². The zero-order chi connectivity index (χ0) is 22.6. The molecule has 0 amide bonds. The van der Waals surface area contributed by atoms with Crippen LogP contribution in [0.5, 0.6) is 0 Å². The summed E-state index contributed by atoms with van der Waals surface area (Å²) in [6, 6.07) is 3.60. The number of rotatable bonds is 7. The van der Waals surface area contributed by atoms with Gasteiger partial charge in [0.1, 0.15) is 5.52 Å². The third kappa shape index (κ3) is 4.01. The van der Waals surface area contributed by atoms with Crippen LogP contribution in [0.15, 0.2) is 23.9 Å². The average Bonchev–Trinajstić information content (AvgIpc) is 3.19. The van der Waals surface area contributed by atoms with Crippen molar-refractivity contribution < 1.29 is 30.1 Å². The summed E-state index contributed by atoms with van der Waals surface area (Å²) in [6.45, 7) is 1.97. The van der Waals surface area contributed by atoms with E-state index in [4.69, 9.17) is 8.47 Å². The minimum atomic E-state index is -3.76. The molecule has 2 aliphatic rings. The maximum absolute atomic E-state index is 12.7. The Morgan fingerprint density at radius 3 is 2.55 bits per heavy atom. The quantitative estimate of drug-likeness (QED) is 0.565. The highest BCUT2D eigenvalue weighted by Crippen LogP contribution is 2.57. The van der Waals surface area contributed by atoms with Gasteiger partial charge in [0.2, 0.25) is 0 Å². The van der Waals surface area contributed by atoms with E-state index in [-0.39, 0.29) is 12.4 Å². The molecule has 1 aromatic carbocycles. The normalized spacial score (nSPS) is 21.5. The summed E-state index contributed by atoms with van der Waals surface area (Å²) in [5.41, 5.74) is 3.70. The molecule has 0 spiro atoms. The summed E-state index contributed by atoms with van der Waals surface area (Å²) in [4.78, 5) is 13.7. The molecule has 168 valence electrons. The molecule has 0 radical (unpaired) electrons. The van der Waals surface area contributed by atoms with Crippen molar-refractivity contribution in [3.05, 3.63) is 35.0 Å². The van der Waals surface area contributed by atoms with Crippen LogP contribution in [0.4, 0.5) is 0 Å². The number of carbonyl (C=O) groups is 1. The summed E-state index contributed by atoms with van der Waals surface area (Å²) in [6.07, 6.45) is 6.15. The van der Waals surface area contributed by atoms with Crippen molar-refractivity contribution in [2.24, 2.45) is 5.41 Å². The molecular weight excluding hydrogens is 444 g/mol. The lowest BCUT2D eigenvalue weighted by Gasteiger charge is -2.36. The van der Waals surface area contributed by atoms with Crippen LogP contribution in [0.25, 0.3) is 16.5 Å². The van der Waals surface area contributed by atoms with E-state index in [1.54, 1.807) is 12.3 Å². The highest BCUT2D eigenvalue weighted by atomic mass is 32.2. The molecule has 2 aliphatic carbocycles. The molecule has 2 aromatic rings. The lowest BCUT2D eigenvalue weighted by atomic mass is 9.67. The fraction of sp³-hybridized carbons (Fsp3) is 0.500. The number of benzene rings is 1. The molecule has 0 saturated heterocycles. The Morgan fingerprint density at radius 2 is 1.90 bits per heavy atom. The lowest BCUT2D eigenvalue weighted by molar-refractivity contribution is -0.116. The van der Waals surface area contributed by atoms with E-state index < -0.39 is 25.7 Å². The first kappa shape index (κ1) is 22.0. The summed E-state index contributed by atoms with van der Waals surface area (Å²) in [7, 11) is -7.33. The smallest absolute Gasteiger partial charge is 0.295 e. The summed E-state index contributed by atoms with van der Waals surface area (Å²) >= 11 is 0. The van der Waals surface area contributed by atoms with Gasteiger partial charge < -0.3 is 0 Å². The highest BCUT2D eigenvalue weighted by molar-refractivity contribution is 7.86. The van der Waals surface area contributed by atoms with Crippen LogP contribution >= 0.6 is 0 Å². The maximum Gasteiger partial charge on any atom is 0.325 e. The first-order valence-corrected chi connectivity index (χ1v) is 13.6. The molecule has 9 nitrogen and oxygen atoms in total. The predicted molar refractivity (Wildman–Crippen MR) is 114 cm³/mol. The fourth-order valence-corrected chi connectivity index (χ4v) is 5.66. The first-order valence-electron chi connectivity index (χ1n) is 9.95. The molecular formula is C20H24N2O7S2. The highest BCUT2D eigenvalue weighted by Gasteiger charge is 2.47. The van der Waals surface area contributed by atoms with Gasteiger partial charge in [0, 0.05) is 17.2 Å². The van der Waals surface area contributed by atoms with Crippen molar-refractivity contribution in [1.29, 1.82) is 0 Å². The second-order valence-electron chi connectivity index (χ2n) is 8.18. The Morgan fingerprint density at radius 1 is 1.16 bits per heavy atom. The second kappa shape index (κ2) is 7.42. The van der Waals surface area contributed by atoms with E-state index in [2.05, 4.69) is 5.10 Å². The van der Waals surface area contributed by atoms with Gasteiger partial charge in [-0.3, -0.25) is 13.3 Å². The standard InChI is InChI=1S/C20H24N2O7S2/c1-4-13-18(23)7-8-20(9-10-28-30(2,24)25)11-15-14(19(13)20)5-6-17-16(15)12-21-22(17)29-31(3,26)27/h5-6,12H,4,7-11H2,1-3H3. The van der Waals surface area contributed by atoms with Gasteiger partial charge in [0.15, 0.2) is 5.78 Å². The van der Waals surface area contributed by atoms with E-state index >= 15 is 0 Å². The van der Waals surface area contributed by atoms with Crippen LogP contribution in [0, 0.1) is 5.41 Å². The van der Waals surface area contributed by atoms with Crippen molar-refractivity contribution in [2.75, 3.05) is 19.1 Å². The van der Waals surface area contributed by atoms with Gasteiger partial charge in [0.05, 0.1) is 25.3 Å². The Labute approximate surface area is 181 Å². The minimum Gasteiger partial charge on any atom is -0.295 e. The zero-order valence-corrected chi connectivity index (χ0v) is 19.2. The number of aromatic nitrogens is 2. The monoisotopic (exact) mass is 468 g/mol. The Kier molecular flexibility index (Phi) is 5.26. The molecule has 4 rings (SSSR count). The lowest BCUT2D eigenvalue weighted by Crippen LogP contribution is -2.30. The molecule has 11 heteroatoms. The van der Waals surface area contributed by atoms with Crippen LogP contribution in [0.2, 0.25) is 0 Å². The largest absolute Gasteiger partial charge is 0.325 e. The molecule has 0 aliphatic heterocycles. The van der Waals surface area contributed by atoms with Gasteiger partial charge >= 0.3 is 10.1 Å². The predicted octanol–water partition coefficient (Wildman–Crippen LogP) is 1.86. The number of nitrogens with zero attached hydrogens (tertiary/aromatic N) is 2. The number of hydrogen-bond donors (Lipinski definition) is 0. The summed E-state index contributed by atoms with van der Waals surface area (Å²) in [5.74, 6) is 0.112. The van der Waals surface area contributed by atoms with Crippen LogP contribution in [0.1, 0.15) is 43.7 Å². The minimum absolute atomic E-state index is 0.0289. The molecule has 31 heavy (non-hydrogen) atoms. The Balaban J connectivity index is 1.84. The van der Waals surface area contributed by atoms with E-state index in [1.807, 2.05) is 13.0 Å². The average molecular weight is 469 g/mol. The van der Waals surface area contributed by atoms with E-state index in [0.717, 1.165) is 45.0 Å². The van der Waals surface area contributed by atoms with E-state index in [1.165, 1.54) is 0 Å². The third-order valence-corrected chi connectivity index (χ3v) is 7.06. The van der Waals surface area contributed by atoms with Crippen molar-refractivity contribution in [3.63, 3.8) is 0 Å². The molecule has 0 fully saturated rings. The Hall–Kier alpha value is -2.24. The summed E-state index contributed by atoms with van der Waals surface area (Å²) in [5, 5.41) is 4.82. The van der Waals surface area contributed by atoms with E-state index in [9.17, 15) is 21.6 Å². The van der Waals surface area contributed by atoms with Gasteiger partial charge in [-0.15, -0.1) is 5.10 Å². The van der Waals surface area contributed by atoms with Crippen molar-refractivity contribution in [3.8, 4) is 0 Å². The number of fused-ring (bicyclic) bond motifs is 5. The number of Topliss-reactive ketones (excluding diaryl/α,β-unsaturated/α-hetero) is 1. The van der Waals surface area contributed by atoms with Crippen molar-refractivity contribution >= 4 is 42.5 Å². The van der Waals surface area contributed by atoms with Gasteiger partial charge in [-0.05, 0) is 54.0 Å². The van der Waals surface area contributed by atoms with E-state index in [0.29, 0.717) is 37.6 Å². The van der Waals surface area contributed by atoms with Crippen molar-refractivity contribution in [2.45, 2.75) is 39.0 Å². The molecule has 1 unspecified atom stereocenters. The molecule has 1 atom stereocenters. The molecule has 0 bridgehead atoms. The number of hydrogen-bond acceptors (Lipinski definition) is 8. The molecule has 0 saturated carbocycles. The third-order valence-electron chi connectivity index (χ3n) is 6.05. The molecule has 1 aromatic heterocycles. The first-order chi connectivity index (χ1) is 14.4. The van der Waals surface area contributed by atoms with Gasteiger partial charge in [-0.1, -0.05) is 17.8 Å². The maximum atomic E-state index is 12.7. The number of carbonyl (C=O) groups excluding carboxylic acids is 1. The van der Waals surface area contributed by atoms with Crippen LogP contribution in [-0.4, -0.2) is 51.7 Å². The molecule has 1 heterocycles. The van der Waals surface area contributed by atoms with Gasteiger partial charge in [-0.25, -0.2) is 0 Å². The topological polar surface area (TPSA) is 122 Å². The Bertz CT molecular complexity index is 1320. The number of ketones is 1. The summed E-state index contributed by atoms with van der Waals surface area (Å²) < 4.78 is 56.1. The second-order valence-corrected chi connectivity index (χ2v) is 11.4. The number of allylic oxidation sites excluding steroid dienone is 2. The van der Waals surface area contributed by atoms with Crippen LogP contribution < -0.4 is 4.28 Å². The zero-order valence-electron chi connectivity index (χ0n) is 17.5. The fourth-order valence-electron chi connectivity index (χ4n) is 4.90. The SMILES string of the molecule is CCC1=C2c3ccc4c(cnn4OS(C)(=O)=O)c3CC2(CCOS(C)(=O)=O)CCC1=O. The van der Waals surface area contributed by atoms with Crippen LogP contribution in [-0.2, 0) is 35.6 Å².